The lowest BCUT2D eigenvalue weighted by atomic mass is 10.4. The SMILES string of the molecule is CCCn1ccn(Cc2nc(C3CC3)no2)c1=O. The van der Waals surface area contributed by atoms with Crippen molar-refractivity contribution in [2.24, 2.45) is 0 Å². The fraction of sp³-hybridized carbons (Fsp3) is 0.583. The lowest BCUT2D eigenvalue weighted by Crippen LogP contribution is -2.24. The summed E-state index contributed by atoms with van der Waals surface area (Å²) in [5.74, 6) is 1.77. The van der Waals surface area contributed by atoms with E-state index in [-0.39, 0.29) is 5.69 Å². The van der Waals surface area contributed by atoms with Gasteiger partial charge in [0.05, 0.1) is 0 Å². The van der Waals surface area contributed by atoms with Crippen molar-refractivity contribution >= 4 is 0 Å². The third kappa shape index (κ3) is 2.10. The molecule has 2 aromatic heterocycles. The predicted octanol–water partition coefficient (Wildman–Crippen LogP) is 1.37. The standard InChI is InChI=1S/C12H16N4O2/c1-2-5-15-6-7-16(12(15)17)8-10-13-11(14-18-10)9-3-4-9/h6-7,9H,2-5,8H2,1H3. The minimum Gasteiger partial charge on any atom is -0.337 e. The van der Waals surface area contributed by atoms with Crippen LogP contribution in [0, 0.1) is 0 Å². The van der Waals surface area contributed by atoms with Crippen LogP contribution in [0.2, 0.25) is 0 Å². The second-order valence-electron chi connectivity index (χ2n) is 4.72. The molecule has 18 heavy (non-hydrogen) atoms. The van der Waals surface area contributed by atoms with Crippen molar-refractivity contribution in [1.82, 2.24) is 19.3 Å². The highest BCUT2D eigenvalue weighted by atomic mass is 16.5. The Hall–Kier alpha value is -1.85. The summed E-state index contributed by atoms with van der Waals surface area (Å²) >= 11 is 0. The van der Waals surface area contributed by atoms with Gasteiger partial charge in [-0.1, -0.05) is 12.1 Å². The average molecular weight is 248 g/mol. The molecule has 1 fully saturated rings. The van der Waals surface area contributed by atoms with E-state index in [2.05, 4.69) is 10.1 Å². The van der Waals surface area contributed by atoms with E-state index < -0.39 is 0 Å². The van der Waals surface area contributed by atoms with E-state index >= 15 is 0 Å². The first-order chi connectivity index (χ1) is 8.78. The van der Waals surface area contributed by atoms with E-state index in [0.29, 0.717) is 18.4 Å². The quantitative estimate of drug-likeness (QED) is 0.801. The molecule has 6 heteroatoms. The largest absolute Gasteiger partial charge is 0.337 e. The van der Waals surface area contributed by atoms with E-state index in [9.17, 15) is 4.79 Å². The van der Waals surface area contributed by atoms with E-state index in [0.717, 1.165) is 31.6 Å². The van der Waals surface area contributed by atoms with Crippen LogP contribution in [-0.2, 0) is 13.1 Å². The highest BCUT2D eigenvalue weighted by Gasteiger charge is 2.28. The van der Waals surface area contributed by atoms with Crippen LogP contribution in [0.4, 0.5) is 0 Å². The van der Waals surface area contributed by atoms with Crippen molar-refractivity contribution in [2.45, 2.75) is 45.2 Å². The Kier molecular flexibility index (Phi) is 2.77. The number of imidazole rings is 1. The molecule has 2 aromatic rings. The first-order valence-electron chi connectivity index (χ1n) is 6.36. The molecule has 96 valence electrons. The Bertz CT molecular complexity index is 591. The molecule has 1 saturated carbocycles. The van der Waals surface area contributed by atoms with Crippen LogP contribution in [0.3, 0.4) is 0 Å². The number of hydrogen-bond donors (Lipinski definition) is 0. The van der Waals surface area contributed by atoms with Gasteiger partial charge in [0.15, 0.2) is 5.82 Å². The average Bonchev–Trinajstić information content (AvgIpc) is 3.04. The molecule has 0 aromatic carbocycles. The number of nitrogens with zero attached hydrogens (tertiary/aromatic N) is 4. The molecule has 0 aliphatic heterocycles. The zero-order valence-electron chi connectivity index (χ0n) is 10.4. The third-order valence-electron chi connectivity index (χ3n) is 3.11. The molecule has 0 atom stereocenters. The number of aryl methyl sites for hydroxylation is 1. The third-order valence-corrected chi connectivity index (χ3v) is 3.11. The predicted molar refractivity (Wildman–Crippen MR) is 64.4 cm³/mol. The van der Waals surface area contributed by atoms with Crippen molar-refractivity contribution in [1.29, 1.82) is 0 Å². The van der Waals surface area contributed by atoms with Crippen LogP contribution in [0.1, 0.15) is 43.8 Å². The Labute approximate surface area is 104 Å². The van der Waals surface area contributed by atoms with Gasteiger partial charge in [-0.2, -0.15) is 4.98 Å². The molecule has 0 bridgehead atoms. The minimum absolute atomic E-state index is 0.0250. The zero-order valence-corrected chi connectivity index (χ0v) is 10.4. The normalized spacial score (nSPS) is 15.2. The fourth-order valence-corrected chi connectivity index (χ4v) is 1.97. The topological polar surface area (TPSA) is 65.8 Å². The van der Waals surface area contributed by atoms with Crippen LogP contribution in [-0.4, -0.2) is 19.3 Å². The Morgan fingerprint density at radius 3 is 2.89 bits per heavy atom. The van der Waals surface area contributed by atoms with Crippen LogP contribution in [0.15, 0.2) is 21.7 Å². The molecular formula is C12H16N4O2. The Morgan fingerprint density at radius 2 is 2.17 bits per heavy atom. The van der Waals surface area contributed by atoms with Gasteiger partial charge in [0.1, 0.15) is 6.54 Å². The summed E-state index contributed by atoms with van der Waals surface area (Å²) in [5, 5.41) is 3.94. The fourth-order valence-electron chi connectivity index (χ4n) is 1.97. The molecule has 0 radical (unpaired) electrons. The summed E-state index contributed by atoms with van der Waals surface area (Å²) in [4.78, 5) is 16.3. The molecule has 1 aliphatic rings. The Balaban J connectivity index is 1.76. The van der Waals surface area contributed by atoms with Gasteiger partial charge in [-0.25, -0.2) is 4.79 Å². The number of aromatic nitrogens is 4. The van der Waals surface area contributed by atoms with Crippen LogP contribution < -0.4 is 5.69 Å². The lowest BCUT2D eigenvalue weighted by molar-refractivity contribution is 0.364. The minimum atomic E-state index is -0.0250. The molecular weight excluding hydrogens is 232 g/mol. The zero-order chi connectivity index (χ0) is 12.5. The van der Waals surface area contributed by atoms with Crippen molar-refractivity contribution in [3.63, 3.8) is 0 Å². The second kappa shape index (κ2) is 4.44. The van der Waals surface area contributed by atoms with E-state index in [4.69, 9.17) is 4.52 Å². The van der Waals surface area contributed by atoms with Gasteiger partial charge in [0.25, 0.3) is 0 Å². The van der Waals surface area contributed by atoms with Crippen LogP contribution in [0.5, 0.6) is 0 Å². The van der Waals surface area contributed by atoms with E-state index in [1.54, 1.807) is 21.5 Å². The van der Waals surface area contributed by atoms with Gasteiger partial charge >= 0.3 is 5.69 Å². The van der Waals surface area contributed by atoms with E-state index in [1.807, 2.05) is 6.92 Å². The van der Waals surface area contributed by atoms with Crippen LogP contribution >= 0.6 is 0 Å². The maximum Gasteiger partial charge on any atom is 0.328 e. The maximum atomic E-state index is 12.0. The van der Waals surface area contributed by atoms with Crippen molar-refractivity contribution in [3.05, 3.63) is 34.6 Å². The monoisotopic (exact) mass is 248 g/mol. The van der Waals surface area contributed by atoms with Gasteiger partial charge in [0.2, 0.25) is 5.89 Å². The molecule has 0 spiro atoms. The Morgan fingerprint density at radius 1 is 1.39 bits per heavy atom. The highest BCUT2D eigenvalue weighted by molar-refractivity contribution is 5.03. The van der Waals surface area contributed by atoms with Gasteiger partial charge in [-0.15, -0.1) is 0 Å². The summed E-state index contributed by atoms with van der Waals surface area (Å²) in [6, 6.07) is 0. The van der Waals surface area contributed by atoms with Gasteiger partial charge in [-0.05, 0) is 19.3 Å². The molecule has 0 saturated heterocycles. The second-order valence-corrected chi connectivity index (χ2v) is 4.72. The first-order valence-corrected chi connectivity index (χ1v) is 6.36. The molecule has 6 nitrogen and oxygen atoms in total. The summed E-state index contributed by atoms with van der Waals surface area (Å²) < 4.78 is 8.45. The maximum absolute atomic E-state index is 12.0. The van der Waals surface area contributed by atoms with Gasteiger partial charge < -0.3 is 4.52 Å². The van der Waals surface area contributed by atoms with Crippen molar-refractivity contribution in [3.8, 4) is 0 Å². The highest BCUT2D eigenvalue weighted by Crippen LogP contribution is 2.38. The van der Waals surface area contributed by atoms with Crippen molar-refractivity contribution in [2.75, 3.05) is 0 Å². The summed E-state index contributed by atoms with van der Waals surface area (Å²) in [6.45, 7) is 3.14. The summed E-state index contributed by atoms with van der Waals surface area (Å²) in [7, 11) is 0. The molecule has 0 N–H and O–H groups in total. The molecule has 0 amide bonds. The summed E-state index contributed by atoms with van der Waals surface area (Å²) in [6.07, 6.45) is 6.79. The first kappa shape index (κ1) is 11.3. The molecule has 0 unspecified atom stereocenters. The van der Waals surface area contributed by atoms with Crippen LogP contribution in [0.25, 0.3) is 0 Å². The van der Waals surface area contributed by atoms with Crippen molar-refractivity contribution < 1.29 is 4.52 Å². The molecule has 3 rings (SSSR count). The lowest BCUT2D eigenvalue weighted by Gasteiger charge is -1.97. The summed E-state index contributed by atoms with van der Waals surface area (Å²) in [5.41, 5.74) is -0.0250. The van der Waals surface area contributed by atoms with E-state index in [1.165, 1.54) is 0 Å². The smallest absolute Gasteiger partial charge is 0.328 e. The van der Waals surface area contributed by atoms with Gasteiger partial charge in [0, 0.05) is 24.9 Å². The van der Waals surface area contributed by atoms with Gasteiger partial charge in [-0.3, -0.25) is 9.13 Å². The molecule has 1 aliphatic carbocycles. The number of hydrogen-bond acceptors (Lipinski definition) is 4. The number of rotatable bonds is 5. The molecule has 2 heterocycles.